The Balaban J connectivity index is 4.03. The van der Waals surface area contributed by atoms with Crippen molar-refractivity contribution in [1.29, 1.82) is 0 Å². The molecule has 0 bridgehead atoms. The van der Waals surface area contributed by atoms with Gasteiger partial charge in [0.1, 0.15) is 0 Å². The number of nitrogens with two attached hydrogens (primary N) is 2. The Kier molecular flexibility index (Phi) is 11.4. The van der Waals surface area contributed by atoms with Crippen LogP contribution in [0.2, 0.25) is 0 Å². The Bertz CT molecular complexity index is 192. The van der Waals surface area contributed by atoms with Crippen LogP contribution in [-0.2, 0) is 0 Å². The van der Waals surface area contributed by atoms with Gasteiger partial charge in [-0.1, -0.05) is 26.0 Å². The van der Waals surface area contributed by atoms with Crippen LogP contribution in [-0.4, -0.2) is 38.3 Å². The first-order chi connectivity index (χ1) is 8.68. The molecule has 0 aromatic rings. The van der Waals surface area contributed by atoms with E-state index in [0.29, 0.717) is 6.54 Å². The van der Waals surface area contributed by atoms with Gasteiger partial charge in [-0.05, 0) is 51.9 Å². The average Bonchev–Trinajstić information content (AvgIpc) is 2.38. The molecular formula is C14H32N4. The molecule has 0 unspecified atom stereocenters. The smallest absolute Gasteiger partial charge is 0.0340 e. The standard InChI is InChI=1S/C14H32N4/c1-3-17-12-6-9-14(16,8-5-11-15)10-7-13-18-4-2/h5,8,17-18H,3-4,6-7,9-13,15-16H2,1-2H3/b8-5+. The second-order valence-corrected chi connectivity index (χ2v) is 4.79. The van der Waals surface area contributed by atoms with Gasteiger partial charge in [0.05, 0.1) is 0 Å². The van der Waals surface area contributed by atoms with Crippen molar-refractivity contribution < 1.29 is 0 Å². The van der Waals surface area contributed by atoms with Gasteiger partial charge in [0.2, 0.25) is 0 Å². The van der Waals surface area contributed by atoms with Crippen LogP contribution < -0.4 is 22.1 Å². The van der Waals surface area contributed by atoms with E-state index in [4.69, 9.17) is 11.5 Å². The quantitative estimate of drug-likeness (QED) is 0.310. The molecule has 0 saturated heterocycles. The number of nitrogens with one attached hydrogen (secondary N) is 2. The SMILES string of the molecule is CCNCCCC(N)(/C=C/CN)CCCNCC. The van der Waals surface area contributed by atoms with Crippen molar-refractivity contribution in [2.75, 3.05) is 32.7 Å². The molecule has 4 nitrogen and oxygen atoms in total. The van der Waals surface area contributed by atoms with Gasteiger partial charge >= 0.3 is 0 Å². The molecule has 0 heterocycles. The molecule has 0 radical (unpaired) electrons. The Morgan fingerprint density at radius 1 is 1.00 bits per heavy atom. The van der Waals surface area contributed by atoms with E-state index in [-0.39, 0.29) is 5.54 Å². The highest BCUT2D eigenvalue weighted by molar-refractivity contribution is 5.05. The van der Waals surface area contributed by atoms with Crippen molar-refractivity contribution >= 4 is 0 Å². The monoisotopic (exact) mass is 256 g/mol. The highest BCUT2D eigenvalue weighted by atomic mass is 14.8. The Labute approximate surface area is 113 Å². The molecule has 0 aliphatic carbocycles. The van der Waals surface area contributed by atoms with E-state index in [1.54, 1.807) is 0 Å². The topological polar surface area (TPSA) is 76.1 Å². The van der Waals surface area contributed by atoms with Gasteiger partial charge < -0.3 is 22.1 Å². The minimum atomic E-state index is -0.190. The summed E-state index contributed by atoms with van der Waals surface area (Å²) in [5, 5.41) is 6.67. The minimum absolute atomic E-state index is 0.190. The van der Waals surface area contributed by atoms with E-state index in [0.717, 1.165) is 51.9 Å². The normalized spacial score (nSPS) is 12.4. The lowest BCUT2D eigenvalue weighted by atomic mass is 9.88. The lowest BCUT2D eigenvalue weighted by Gasteiger charge is -2.26. The van der Waals surface area contributed by atoms with E-state index in [2.05, 4.69) is 30.6 Å². The third kappa shape index (κ3) is 9.59. The van der Waals surface area contributed by atoms with E-state index < -0.39 is 0 Å². The molecular weight excluding hydrogens is 224 g/mol. The fourth-order valence-corrected chi connectivity index (χ4v) is 2.03. The number of hydrogen-bond acceptors (Lipinski definition) is 4. The van der Waals surface area contributed by atoms with Crippen molar-refractivity contribution in [3.8, 4) is 0 Å². The van der Waals surface area contributed by atoms with Crippen LogP contribution >= 0.6 is 0 Å². The summed E-state index contributed by atoms with van der Waals surface area (Å²) in [6.45, 7) is 8.95. The lowest BCUT2D eigenvalue weighted by molar-refractivity contribution is 0.413. The van der Waals surface area contributed by atoms with Crippen molar-refractivity contribution in [2.24, 2.45) is 11.5 Å². The third-order valence-electron chi connectivity index (χ3n) is 3.08. The lowest BCUT2D eigenvalue weighted by Crippen LogP contribution is -2.39. The first kappa shape index (κ1) is 17.6. The summed E-state index contributed by atoms with van der Waals surface area (Å²) in [4.78, 5) is 0. The summed E-state index contributed by atoms with van der Waals surface area (Å²) in [6.07, 6.45) is 8.34. The molecule has 0 saturated carbocycles. The van der Waals surface area contributed by atoms with Crippen LogP contribution in [0.5, 0.6) is 0 Å². The van der Waals surface area contributed by atoms with E-state index in [1.165, 1.54) is 0 Å². The van der Waals surface area contributed by atoms with E-state index >= 15 is 0 Å². The number of rotatable bonds is 12. The maximum absolute atomic E-state index is 6.45. The highest BCUT2D eigenvalue weighted by Gasteiger charge is 2.20. The molecule has 0 aliphatic heterocycles. The van der Waals surface area contributed by atoms with E-state index in [9.17, 15) is 0 Å². The molecule has 0 aromatic heterocycles. The zero-order chi connectivity index (χ0) is 13.7. The Hall–Kier alpha value is -0.420. The fourth-order valence-electron chi connectivity index (χ4n) is 2.03. The molecule has 4 heteroatoms. The minimum Gasteiger partial charge on any atom is -0.327 e. The van der Waals surface area contributed by atoms with Gasteiger partial charge in [0.25, 0.3) is 0 Å². The molecule has 0 fully saturated rings. The first-order valence-corrected chi connectivity index (χ1v) is 7.26. The first-order valence-electron chi connectivity index (χ1n) is 7.26. The maximum Gasteiger partial charge on any atom is 0.0340 e. The molecule has 18 heavy (non-hydrogen) atoms. The number of hydrogen-bond donors (Lipinski definition) is 4. The van der Waals surface area contributed by atoms with Crippen LogP contribution in [0, 0.1) is 0 Å². The summed E-state index contributed by atoms with van der Waals surface area (Å²) in [6, 6.07) is 0. The van der Waals surface area contributed by atoms with Crippen LogP contribution in [0.1, 0.15) is 39.5 Å². The zero-order valence-electron chi connectivity index (χ0n) is 12.2. The van der Waals surface area contributed by atoms with Crippen molar-refractivity contribution in [1.82, 2.24) is 10.6 Å². The summed E-state index contributed by atoms with van der Waals surface area (Å²) in [7, 11) is 0. The summed E-state index contributed by atoms with van der Waals surface area (Å²) in [5.74, 6) is 0. The van der Waals surface area contributed by atoms with Gasteiger partial charge in [0, 0.05) is 12.1 Å². The molecule has 0 rings (SSSR count). The second kappa shape index (κ2) is 11.7. The van der Waals surface area contributed by atoms with Gasteiger partial charge in [-0.25, -0.2) is 0 Å². The zero-order valence-corrected chi connectivity index (χ0v) is 12.2. The van der Waals surface area contributed by atoms with Gasteiger partial charge in [-0.3, -0.25) is 0 Å². The molecule has 0 spiro atoms. The summed E-state index contributed by atoms with van der Waals surface area (Å²) in [5.41, 5.74) is 11.8. The molecule has 0 amide bonds. The molecule has 0 aliphatic rings. The van der Waals surface area contributed by atoms with Crippen molar-refractivity contribution in [3.63, 3.8) is 0 Å². The Morgan fingerprint density at radius 3 is 1.89 bits per heavy atom. The van der Waals surface area contributed by atoms with Gasteiger partial charge in [0.15, 0.2) is 0 Å². The van der Waals surface area contributed by atoms with Gasteiger partial charge in [-0.15, -0.1) is 0 Å². The largest absolute Gasteiger partial charge is 0.327 e. The second-order valence-electron chi connectivity index (χ2n) is 4.79. The molecule has 6 N–H and O–H groups in total. The van der Waals surface area contributed by atoms with Crippen molar-refractivity contribution in [3.05, 3.63) is 12.2 Å². The van der Waals surface area contributed by atoms with E-state index in [1.807, 2.05) is 6.08 Å². The van der Waals surface area contributed by atoms with Gasteiger partial charge in [-0.2, -0.15) is 0 Å². The maximum atomic E-state index is 6.45. The summed E-state index contributed by atoms with van der Waals surface area (Å²) >= 11 is 0. The average molecular weight is 256 g/mol. The predicted molar refractivity (Wildman–Crippen MR) is 80.7 cm³/mol. The molecule has 0 aromatic carbocycles. The Morgan fingerprint density at radius 2 is 1.50 bits per heavy atom. The van der Waals surface area contributed by atoms with Crippen LogP contribution in [0.25, 0.3) is 0 Å². The highest BCUT2D eigenvalue weighted by Crippen LogP contribution is 2.18. The molecule has 108 valence electrons. The van der Waals surface area contributed by atoms with Crippen LogP contribution in [0.15, 0.2) is 12.2 Å². The fraction of sp³-hybridized carbons (Fsp3) is 0.857. The third-order valence-corrected chi connectivity index (χ3v) is 3.08. The molecule has 0 atom stereocenters. The van der Waals surface area contributed by atoms with Crippen LogP contribution in [0.3, 0.4) is 0 Å². The summed E-state index contributed by atoms with van der Waals surface area (Å²) < 4.78 is 0. The predicted octanol–water partition coefficient (Wildman–Crippen LogP) is 0.978. The van der Waals surface area contributed by atoms with Crippen LogP contribution in [0.4, 0.5) is 0 Å². The van der Waals surface area contributed by atoms with Crippen molar-refractivity contribution in [2.45, 2.75) is 45.1 Å².